The van der Waals surface area contributed by atoms with Crippen molar-refractivity contribution in [2.24, 2.45) is 0 Å². The third-order valence-corrected chi connectivity index (χ3v) is 4.68. The summed E-state index contributed by atoms with van der Waals surface area (Å²) in [5.41, 5.74) is 3.77. The van der Waals surface area contributed by atoms with Crippen molar-refractivity contribution in [2.75, 3.05) is 11.2 Å². The molecule has 3 rings (SSSR count). The highest BCUT2D eigenvalue weighted by molar-refractivity contribution is 7.98. The Bertz CT molecular complexity index is 847. The van der Waals surface area contributed by atoms with E-state index >= 15 is 0 Å². The molecule has 0 bridgehead atoms. The summed E-state index contributed by atoms with van der Waals surface area (Å²) >= 11 is 1.49. The van der Waals surface area contributed by atoms with E-state index < -0.39 is 0 Å². The van der Waals surface area contributed by atoms with E-state index in [1.165, 1.54) is 17.3 Å². The van der Waals surface area contributed by atoms with Crippen molar-refractivity contribution in [1.82, 2.24) is 4.98 Å². The molecular formula is C21H20N2OS. The minimum absolute atomic E-state index is 0.0369. The van der Waals surface area contributed by atoms with Crippen molar-refractivity contribution in [3.05, 3.63) is 89.6 Å². The zero-order chi connectivity index (χ0) is 17.6. The van der Waals surface area contributed by atoms with Gasteiger partial charge < -0.3 is 4.90 Å². The lowest BCUT2D eigenvalue weighted by atomic mass is 10.1. The molecule has 0 aliphatic rings. The number of carbonyl (C=O) groups excluding carboxylic acids is 1. The van der Waals surface area contributed by atoms with E-state index in [9.17, 15) is 4.79 Å². The summed E-state index contributed by atoms with van der Waals surface area (Å²) in [5.74, 6) is -0.0369. The quantitative estimate of drug-likeness (QED) is 0.611. The van der Waals surface area contributed by atoms with Gasteiger partial charge in [0.25, 0.3) is 5.91 Å². The number of anilines is 1. The smallest absolute Gasteiger partial charge is 0.261 e. The highest BCUT2D eigenvalue weighted by Gasteiger charge is 2.21. The van der Waals surface area contributed by atoms with Crippen LogP contribution in [-0.2, 0) is 6.54 Å². The summed E-state index contributed by atoms with van der Waals surface area (Å²) in [7, 11) is 0. The lowest BCUT2D eigenvalue weighted by molar-refractivity contribution is 0.0981. The molecule has 0 atom stereocenters. The summed E-state index contributed by atoms with van der Waals surface area (Å²) in [6.07, 6.45) is 3.66. The highest BCUT2D eigenvalue weighted by atomic mass is 32.2. The Morgan fingerprint density at radius 3 is 2.40 bits per heavy atom. The summed E-state index contributed by atoms with van der Waals surface area (Å²) in [5, 5.41) is 0.748. The van der Waals surface area contributed by atoms with Gasteiger partial charge in [0.2, 0.25) is 0 Å². The number of carbonyl (C=O) groups is 1. The van der Waals surface area contributed by atoms with Crippen LogP contribution in [0.3, 0.4) is 0 Å². The normalized spacial score (nSPS) is 10.5. The molecule has 0 fully saturated rings. The summed E-state index contributed by atoms with van der Waals surface area (Å²) < 4.78 is 0. The molecule has 1 heterocycles. The molecule has 0 unspecified atom stereocenters. The van der Waals surface area contributed by atoms with Gasteiger partial charge in [0.1, 0.15) is 5.03 Å². The molecule has 1 aromatic heterocycles. The number of pyridine rings is 1. The van der Waals surface area contributed by atoms with Crippen LogP contribution in [0.2, 0.25) is 0 Å². The SMILES string of the molecule is CSc1ncccc1C(=O)N(Cc1ccccc1)c1ccc(C)cc1. The topological polar surface area (TPSA) is 33.2 Å². The lowest BCUT2D eigenvalue weighted by Gasteiger charge is -2.24. The molecule has 3 aromatic rings. The zero-order valence-electron chi connectivity index (χ0n) is 14.3. The Hall–Kier alpha value is -2.59. The predicted octanol–water partition coefficient (Wildman–Crippen LogP) is 4.96. The molecule has 0 radical (unpaired) electrons. The lowest BCUT2D eigenvalue weighted by Crippen LogP contribution is -2.31. The molecule has 0 aliphatic heterocycles. The van der Waals surface area contributed by atoms with E-state index in [0.29, 0.717) is 12.1 Å². The molecule has 2 aromatic carbocycles. The first-order chi connectivity index (χ1) is 12.2. The van der Waals surface area contributed by atoms with Crippen molar-refractivity contribution < 1.29 is 4.79 Å². The molecule has 0 N–H and O–H groups in total. The Kier molecular flexibility index (Phi) is 5.51. The number of nitrogens with zero attached hydrogens (tertiary/aromatic N) is 2. The third-order valence-electron chi connectivity index (χ3n) is 3.97. The Labute approximate surface area is 152 Å². The molecule has 0 spiro atoms. The number of benzene rings is 2. The second-order valence-electron chi connectivity index (χ2n) is 5.77. The van der Waals surface area contributed by atoms with E-state index in [2.05, 4.69) is 4.98 Å². The summed E-state index contributed by atoms with van der Waals surface area (Å²) in [4.78, 5) is 19.4. The molecule has 1 amide bonds. The van der Waals surface area contributed by atoms with E-state index in [-0.39, 0.29) is 5.91 Å². The van der Waals surface area contributed by atoms with Crippen LogP contribution in [0.15, 0.2) is 78.0 Å². The van der Waals surface area contributed by atoms with E-state index in [1.54, 1.807) is 6.20 Å². The minimum atomic E-state index is -0.0369. The van der Waals surface area contributed by atoms with E-state index in [0.717, 1.165) is 16.3 Å². The van der Waals surface area contributed by atoms with Crippen LogP contribution in [0.25, 0.3) is 0 Å². The van der Waals surface area contributed by atoms with Crippen LogP contribution in [0.4, 0.5) is 5.69 Å². The average molecular weight is 348 g/mol. The molecule has 126 valence electrons. The first-order valence-corrected chi connectivity index (χ1v) is 9.33. The fraction of sp³-hybridized carbons (Fsp3) is 0.143. The van der Waals surface area contributed by atoms with Crippen LogP contribution in [-0.4, -0.2) is 17.1 Å². The summed E-state index contributed by atoms with van der Waals surface area (Å²) in [6.45, 7) is 2.56. The van der Waals surface area contributed by atoms with Gasteiger partial charge in [-0.15, -0.1) is 11.8 Å². The van der Waals surface area contributed by atoms with Gasteiger partial charge in [-0.3, -0.25) is 4.79 Å². The fourth-order valence-electron chi connectivity index (χ4n) is 2.63. The minimum Gasteiger partial charge on any atom is -0.304 e. The van der Waals surface area contributed by atoms with Crippen molar-refractivity contribution in [2.45, 2.75) is 18.5 Å². The predicted molar refractivity (Wildman–Crippen MR) is 104 cm³/mol. The Morgan fingerprint density at radius 1 is 1.00 bits per heavy atom. The average Bonchev–Trinajstić information content (AvgIpc) is 2.67. The van der Waals surface area contributed by atoms with Gasteiger partial charge in [0, 0.05) is 11.9 Å². The monoisotopic (exact) mass is 348 g/mol. The number of amides is 1. The molecule has 3 nitrogen and oxygen atoms in total. The standard InChI is InChI=1S/C21H20N2OS/c1-16-10-12-18(13-11-16)23(15-17-7-4-3-5-8-17)21(24)19-9-6-14-22-20(19)25-2/h3-14H,15H2,1-2H3. The first kappa shape index (κ1) is 17.2. The molecule has 0 saturated heterocycles. The molecule has 4 heteroatoms. The van der Waals surface area contributed by atoms with Gasteiger partial charge in [0.15, 0.2) is 0 Å². The second-order valence-corrected chi connectivity index (χ2v) is 6.57. The van der Waals surface area contributed by atoms with E-state index in [1.807, 2.05) is 84.8 Å². The molecule has 0 saturated carbocycles. The highest BCUT2D eigenvalue weighted by Crippen LogP contribution is 2.24. The van der Waals surface area contributed by atoms with Gasteiger partial charge in [-0.25, -0.2) is 4.98 Å². The second kappa shape index (κ2) is 7.99. The number of thioether (sulfide) groups is 1. The number of hydrogen-bond acceptors (Lipinski definition) is 3. The van der Waals surface area contributed by atoms with Crippen LogP contribution < -0.4 is 4.90 Å². The molecular weight excluding hydrogens is 328 g/mol. The van der Waals surface area contributed by atoms with Crippen molar-refractivity contribution in [3.63, 3.8) is 0 Å². The van der Waals surface area contributed by atoms with Crippen molar-refractivity contribution in [1.29, 1.82) is 0 Å². The van der Waals surface area contributed by atoms with Crippen molar-refractivity contribution >= 4 is 23.4 Å². The maximum absolute atomic E-state index is 13.3. The number of rotatable bonds is 5. The third kappa shape index (κ3) is 4.09. The van der Waals surface area contributed by atoms with Gasteiger partial charge >= 0.3 is 0 Å². The molecule has 25 heavy (non-hydrogen) atoms. The van der Waals surface area contributed by atoms with Gasteiger partial charge in [0.05, 0.1) is 12.1 Å². The van der Waals surface area contributed by atoms with Crippen molar-refractivity contribution in [3.8, 4) is 0 Å². The van der Waals surface area contributed by atoms with Crippen LogP contribution >= 0.6 is 11.8 Å². The number of aromatic nitrogens is 1. The van der Waals surface area contributed by atoms with Crippen LogP contribution in [0, 0.1) is 6.92 Å². The summed E-state index contributed by atoms with van der Waals surface area (Å²) in [6, 6.07) is 21.7. The van der Waals surface area contributed by atoms with Gasteiger partial charge in [-0.2, -0.15) is 0 Å². The van der Waals surface area contributed by atoms with Crippen LogP contribution in [0.5, 0.6) is 0 Å². The molecule has 0 aliphatic carbocycles. The van der Waals surface area contributed by atoms with E-state index in [4.69, 9.17) is 0 Å². The number of hydrogen-bond donors (Lipinski definition) is 0. The maximum Gasteiger partial charge on any atom is 0.261 e. The zero-order valence-corrected chi connectivity index (χ0v) is 15.2. The van der Waals surface area contributed by atoms with Gasteiger partial charge in [-0.1, -0.05) is 48.0 Å². The maximum atomic E-state index is 13.3. The number of aryl methyl sites for hydroxylation is 1. The Morgan fingerprint density at radius 2 is 1.72 bits per heavy atom. The first-order valence-electron chi connectivity index (χ1n) is 8.10. The van der Waals surface area contributed by atoms with Crippen LogP contribution in [0.1, 0.15) is 21.5 Å². The fourth-order valence-corrected chi connectivity index (χ4v) is 3.17. The largest absolute Gasteiger partial charge is 0.304 e. The van der Waals surface area contributed by atoms with Gasteiger partial charge in [-0.05, 0) is 43.0 Å². The Balaban J connectivity index is 2.00.